The van der Waals surface area contributed by atoms with Gasteiger partial charge in [-0.1, -0.05) is 19.4 Å². The number of ether oxygens (including phenoxy) is 4. The van der Waals surface area contributed by atoms with E-state index in [0.29, 0.717) is 61.8 Å². The molecule has 0 radical (unpaired) electrons. The van der Waals surface area contributed by atoms with Crippen molar-refractivity contribution in [1.29, 1.82) is 0 Å². The van der Waals surface area contributed by atoms with Crippen LogP contribution in [0.2, 0.25) is 0 Å². The van der Waals surface area contributed by atoms with Gasteiger partial charge in [-0.25, -0.2) is 0 Å². The first-order valence-corrected chi connectivity index (χ1v) is 14.6. The van der Waals surface area contributed by atoms with Crippen LogP contribution >= 0.6 is 0 Å². The van der Waals surface area contributed by atoms with Gasteiger partial charge in [-0.2, -0.15) is 0 Å². The predicted octanol–water partition coefficient (Wildman–Crippen LogP) is 4.34. The van der Waals surface area contributed by atoms with Gasteiger partial charge in [0.1, 0.15) is 17.6 Å². The molecule has 2 atom stereocenters. The fraction of sp³-hybridized carbons (Fsp3) is 0.500. The fourth-order valence-corrected chi connectivity index (χ4v) is 5.77. The number of ketones is 1. The van der Waals surface area contributed by atoms with Crippen LogP contribution in [-0.4, -0.2) is 85.8 Å². The van der Waals surface area contributed by atoms with Crippen molar-refractivity contribution >= 4 is 17.4 Å². The van der Waals surface area contributed by atoms with Crippen molar-refractivity contribution in [2.75, 3.05) is 53.1 Å². The first kappa shape index (κ1) is 29.0. The lowest BCUT2D eigenvalue weighted by Crippen LogP contribution is -2.39. The molecule has 5 rings (SSSR count). The Hall–Kier alpha value is -3.56. The summed E-state index contributed by atoms with van der Waals surface area (Å²) in [7, 11) is 1.57. The van der Waals surface area contributed by atoms with Crippen molar-refractivity contribution < 1.29 is 33.6 Å². The highest BCUT2D eigenvalue weighted by Crippen LogP contribution is 2.43. The van der Waals surface area contributed by atoms with Gasteiger partial charge in [-0.15, -0.1) is 0 Å². The smallest absolute Gasteiger partial charge is 0.295 e. The normalized spacial score (nSPS) is 22.1. The SMILES string of the molecule is CCCCOc1ccc([C@@H]2C(=C(O)c3ccc4c(c3)C[C@@H](C)O4)C(=O)C(=O)N2CCCN2CCOCC2)cc1OC. The molecule has 1 N–H and O–H groups in total. The number of carbonyl (C=O) groups is 2. The number of nitrogens with zero attached hydrogens (tertiary/aromatic N) is 2. The first-order chi connectivity index (χ1) is 19.9. The van der Waals surface area contributed by atoms with Crippen LogP contribution in [0.25, 0.3) is 5.76 Å². The summed E-state index contributed by atoms with van der Waals surface area (Å²) >= 11 is 0. The number of hydrogen-bond donors (Lipinski definition) is 1. The van der Waals surface area contributed by atoms with Gasteiger partial charge >= 0.3 is 0 Å². The second-order valence-corrected chi connectivity index (χ2v) is 10.9. The molecule has 0 saturated carbocycles. The van der Waals surface area contributed by atoms with Gasteiger partial charge in [0.25, 0.3) is 11.7 Å². The van der Waals surface area contributed by atoms with Crippen LogP contribution < -0.4 is 14.2 Å². The van der Waals surface area contributed by atoms with Crippen LogP contribution in [0.5, 0.6) is 17.2 Å². The Morgan fingerprint density at radius 2 is 1.85 bits per heavy atom. The maximum atomic E-state index is 13.5. The maximum absolute atomic E-state index is 13.5. The number of aliphatic hydroxyl groups is 1. The summed E-state index contributed by atoms with van der Waals surface area (Å²) < 4.78 is 22.8. The Kier molecular flexibility index (Phi) is 9.15. The third-order valence-corrected chi connectivity index (χ3v) is 7.95. The number of hydrogen-bond acceptors (Lipinski definition) is 8. The summed E-state index contributed by atoms with van der Waals surface area (Å²) in [5.74, 6) is 0.402. The summed E-state index contributed by atoms with van der Waals surface area (Å²) in [6.07, 6.45) is 3.37. The van der Waals surface area contributed by atoms with Gasteiger partial charge < -0.3 is 29.0 Å². The van der Waals surface area contributed by atoms with Crippen molar-refractivity contribution in [1.82, 2.24) is 9.80 Å². The minimum Gasteiger partial charge on any atom is -0.507 e. The van der Waals surface area contributed by atoms with E-state index in [1.165, 1.54) is 0 Å². The van der Waals surface area contributed by atoms with Gasteiger partial charge in [0, 0.05) is 38.2 Å². The van der Waals surface area contributed by atoms with Crippen LogP contribution in [0.15, 0.2) is 42.0 Å². The van der Waals surface area contributed by atoms with Gasteiger partial charge in [0.05, 0.1) is 38.5 Å². The van der Waals surface area contributed by atoms with E-state index in [-0.39, 0.29) is 17.4 Å². The van der Waals surface area contributed by atoms with Gasteiger partial charge in [-0.05, 0) is 61.2 Å². The molecule has 2 aromatic carbocycles. The molecular formula is C32H40N2O7. The highest BCUT2D eigenvalue weighted by atomic mass is 16.5. The van der Waals surface area contributed by atoms with Crippen LogP contribution in [-0.2, 0) is 20.7 Å². The number of carbonyl (C=O) groups excluding carboxylic acids is 2. The van der Waals surface area contributed by atoms with Crippen LogP contribution in [0, 0.1) is 0 Å². The van der Waals surface area contributed by atoms with E-state index in [9.17, 15) is 14.7 Å². The van der Waals surface area contributed by atoms with E-state index in [4.69, 9.17) is 18.9 Å². The quantitative estimate of drug-likeness (QED) is 0.186. The number of rotatable bonds is 11. The average Bonchev–Trinajstić information content (AvgIpc) is 3.48. The molecule has 9 nitrogen and oxygen atoms in total. The van der Waals surface area contributed by atoms with E-state index in [0.717, 1.165) is 43.8 Å². The summed E-state index contributed by atoms with van der Waals surface area (Å²) in [5.41, 5.74) is 2.21. The molecule has 3 aliphatic heterocycles. The second kappa shape index (κ2) is 13.0. The third kappa shape index (κ3) is 6.21. The molecule has 2 aromatic rings. The van der Waals surface area contributed by atoms with E-state index < -0.39 is 17.7 Å². The monoisotopic (exact) mass is 564 g/mol. The number of methoxy groups -OCH3 is 1. The Balaban J connectivity index is 1.50. The summed E-state index contributed by atoms with van der Waals surface area (Å²) in [4.78, 5) is 30.9. The zero-order valence-corrected chi connectivity index (χ0v) is 24.2. The lowest BCUT2D eigenvalue weighted by Gasteiger charge is -2.29. The number of morpholine rings is 1. The van der Waals surface area contributed by atoms with E-state index in [1.807, 2.05) is 31.2 Å². The topological polar surface area (TPSA) is 97.8 Å². The third-order valence-electron chi connectivity index (χ3n) is 7.95. The van der Waals surface area contributed by atoms with Crippen molar-refractivity contribution in [3.63, 3.8) is 0 Å². The maximum Gasteiger partial charge on any atom is 0.295 e. The largest absolute Gasteiger partial charge is 0.507 e. The standard InChI is InChI=1S/C32H40N2O7/c1-4-5-15-40-26-10-7-22(20-27(26)38-3)29-28(30(35)23-8-9-25-24(19-23)18-21(2)41-25)31(36)32(37)34(29)12-6-11-33-13-16-39-17-14-33/h7-10,19-21,29,35H,4-6,11-18H2,1-3H3/t21-,29-/m1/s1. The molecule has 3 heterocycles. The number of Topliss-reactive ketones (excluding diaryl/α,β-unsaturated/α-hetero) is 1. The fourth-order valence-electron chi connectivity index (χ4n) is 5.77. The van der Waals surface area contributed by atoms with Gasteiger partial charge in [-0.3, -0.25) is 14.5 Å². The van der Waals surface area contributed by atoms with Crippen molar-refractivity contribution in [2.45, 2.75) is 51.7 Å². The molecule has 2 fully saturated rings. The molecule has 41 heavy (non-hydrogen) atoms. The lowest BCUT2D eigenvalue weighted by molar-refractivity contribution is -0.140. The molecule has 0 unspecified atom stereocenters. The van der Waals surface area contributed by atoms with Crippen LogP contribution in [0.3, 0.4) is 0 Å². The Bertz CT molecular complexity index is 1300. The van der Waals surface area contributed by atoms with E-state index in [2.05, 4.69) is 11.8 Å². The second-order valence-electron chi connectivity index (χ2n) is 10.9. The number of unbranched alkanes of at least 4 members (excludes halogenated alkanes) is 1. The average molecular weight is 565 g/mol. The molecule has 220 valence electrons. The number of aliphatic hydroxyl groups excluding tert-OH is 1. The van der Waals surface area contributed by atoms with Crippen molar-refractivity contribution in [3.05, 3.63) is 58.7 Å². The zero-order chi connectivity index (χ0) is 28.9. The molecule has 0 spiro atoms. The van der Waals surface area contributed by atoms with E-state index in [1.54, 1.807) is 24.1 Å². The predicted molar refractivity (Wildman–Crippen MR) is 155 cm³/mol. The number of fused-ring (bicyclic) bond motifs is 1. The Morgan fingerprint density at radius 3 is 2.61 bits per heavy atom. The van der Waals surface area contributed by atoms with Gasteiger partial charge in [0.2, 0.25) is 0 Å². The van der Waals surface area contributed by atoms with Crippen molar-refractivity contribution in [2.24, 2.45) is 0 Å². The number of amides is 1. The van der Waals surface area contributed by atoms with Crippen LogP contribution in [0.1, 0.15) is 55.8 Å². The van der Waals surface area contributed by atoms with Crippen LogP contribution in [0.4, 0.5) is 0 Å². The highest BCUT2D eigenvalue weighted by molar-refractivity contribution is 6.46. The summed E-state index contributed by atoms with van der Waals surface area (Å²) in [5, 5.41) is 11.6. The molecule has 9 heteroatoms. The Labute approximate surface area is 241 Å². The van der Waals surface area contributed by atoms with E-state index >= 15 is 0 Å². The molecular weight excluding hydrogens is 524 g/mol. The van der Waals surface area contributed by atoms with Gasteiger partial charge in [0.15, 0.2) is 11.5 Å². The minimum atomic E-state index is -0.762. The molecule has 1 amide bonds. The highest BCUT2D eigenvalue weighted by Gasteiger charge is 2.46. The molecule has 0 bridgehead atoms. The Morgan fingerprint density at radius 1 is 1.05 bits per heavy atom. The molecule has 0 aliphatic carbocycles. The number of likely N-dealkylation sites (tertiary alicyclic amines) is 1. The zero-order valence-electron chi connectivity index (χ0n) is 24.2. The summed E-state index contributed by atoms with van der Waals surface area (Å²) in [6, 6.07) is 10.1. The first-order valence-electron chi connectivity index (χ1n) is 14.6. The molecule has 0 aromatic heterocycles. The number of benzene rings is 2. The minimum absolute atomic E-state index is 0.0463. The molecule has 2 saturated heterocycles. The lowest BCUT2D eigenvalue weighted by atomic mass is 9.94. The van der Waals surface area contributed by atoms with Crippen molar-refractivity contribution in [3.8, 4) is 17.2 Å². The summed E-state index contributed by atoms with van der Waals surface area (Å²) in [6.45, 7) is 8.90. The molecule has 3 aliphatic rings.